The summed E-state index contributed by atoms with van der Waals surface area (Å²) in [6, 6.07) is 12.5. The Labute approximate surface area is 157 Å². The van der Waals surface area contributed by atoms with Crippen molar-refractivity contribution in [2.45, 2.75) is 25.4 Å². The van der Waals surface area contributed by atoms with Crippen LogP contribution in [0.2, 0.25) is 0 Å². The average Bonchev–Trinajstić information content (AvgIpc) is 3.50. The second-order valence-corrected chi connectivity index (χ2v) is 6.61. The number of amides is 3. The topological polar surface area (TPSA) is 88.7 Å². The highest BCUT2D eigenvalue weighted by atomic mass is 16.6. The van der Waals surface area contributed by atoms with E-state index in [1.165, 1.54) is 0 Å². The molecule has 140 valence electrons. The molecule has 3 N–H and O–H groups in total. The molecule has 1 saturated carbocycles. The Hall–Kier alpha value is -3.22. The smallest absolute Gasteiger partial charge is 0.319 e. The average molecular weight is 367 g/mol. The molecule has 1 aliphatic heterocycles. The van der Waals surface area contributed by atoms with Crippen molar-refractivity contribution in [3.63, 3.8) is 0 Å². The molecule has 0 radical (unpaired) electrons. The first-order valence-corrected chi connectivity index (χ1v) is 9.02. The van der Waals surface area contributed by atoms with Crippen molar-refractivity contribution in [2.24, 2.45) is 0 Å². The Morgan fingerprint density at radius 2 is 1.70 bits per heavy atom. The van der Waals surface area contributed by atoms with Crippen LogP contribution >= 0.6 is 0 Å². The molecule has 2 aliphatic rings. The molecule has 0 spiro atoms. The lowest BCUT2D eigenvalue weighted by Crippen LogP contribution is -2.30. The van der Waals surface area contributed by atoms with Crippen LogP contribution in [-0.4, -0.2) is 31.2 Å². The summed E-state index contributed by atoms with van der Waals surface area (Å²) in [4.78, 5) is 24.0. The maximum Gasteiger partial charge on any atom is 0.319 e. The van der Waals surface area contributed by atoms with Crippen LogP contribution < -0.4 is 25.4 Å². The quantitative estimate of drug-likeness (QED) is 0.758. The standard InChI is InChI=1S/C20H21N3O4/c24-19(21-12-13-1-8-17-18(11-13)27-10-9-26-17)14-2-4-15(5-3-14)22-20(25)23-16-6-7-16/h1-5,8,11,16H,6-7,9-10,12H2,(H,21,24)(H2,22,23,25). The minimum atomic E-state index is -0.215. The van der Waals surface area contributed by atoms with Gasteiger partial charge in [0, 0.05) is 23.8 Å². The summed E-state index contributed by atoms with van der Waals surface area (Å²) >= 11 is 0. The number of hydrogen-bond donors (Lipinski definition) is 3. The molecule has 7 heteroatoms. The molecule has 0 atom stereocenters. The predicted octanol–water partition coefficient (Wildman–Crippen LogP) is 2.67. The zero-order valence-electron chi connectivity index (χ0n) is 14.8. The van der Waals surface area contributed by atoms with Gasteiger partial charge in [-0.15, -0.1) is 0 Å². The van der Waals surface area contributed by atoms with Gasteiger partial charge >= 0.3 is 6.03 Å². The van der Waals surface area contributed by atoms with Crippen molar-refractivity contribution >= 4 is 17.6 Å². The van der Waals surface area contributed by atoms with Crippen LogP contribution in [0.25, 0.3) is 0 Å². The Morgan fingerprint density at radius 3 is 2.44 bits per heavy atom. The van der Waals surface area contributed by atoms with Gasteiger partial charge in [-0.1, -0.05) is 6.07 Å². The molecule has 1 heterocycles. The third kappa shape index (κ3) is 4.49. The Kier molecular flexibility index (Phi) is 4.82. The van der Waals surface area contributed by atoms with Gasteiger partial charge in [-0.2, -0.15) is 0 Å². The lowest BCUT2D eigenvalue weighted by Gasteiger charge is -2.19. The number of benzene rings is 2. The Balaban J connectivity index is 1.30. The van der Waals surface area contributed by atoms with Gasteiger partial charge in [0.15, 0.2) is 11.5 Å². The predicted molar refractivity (Wildman–Crippen MR) is 100 cm³/mol. The molecule has 2 aromatic carbocycles. The summed E-state index contributed by atoms with van der Waals surface area (Å²) in [6.45, 7) is 1.47. The number of urea groups is 1. The van der Waals surface area contributed by atoms with Crippen molar-refractivity contribution in [3.8, 4) is 11.5 Å². The van der Waals surface area contributed by atoms with E-state index in [0.717, 1.165) is 24.2 Å². The van der Waals surface area contributed by atoms with E-state index in [1.807, 2.05) is 18.2 Å². The number of fused-ring (bicyclic) bond motifs is 1. The fourth-order valence-corrected chi connectivity index (χ4v) is 2.77. The van der Waals surface area contributed by atoms with Crippen LogP contribution in [0.5, 0.6) is 11.5 Å². The first-order chi connectivity index (χ1) is 13.2. The third-order valence-corrected chi connectivity index (χ3v) is 4.38. The van der Waals surface area contributed by atoms with Crippen LogP contribution in [-0.2, 0) is 6.54 Å². The minimum Gasteiger partial charge on any atom is -0.486 e. The van der Waals surface area contributed by atoms with Gasteiger partial charge in [-0.25, -0.2) is 4.79 Å². The van der Waals surface area contributed by atoms with E-state index in [0.29, 0.717) is 42.8 Å². The van der Waals surface area contributed by atoms with Crippen LogP contribution in [0.15, 0.2) is 42.5 Å². The Bertz CT molecular complexity index is 847. The number of ether oxygens (including phenoxy) is 2. The molecule has 0 aromatic heterocycles. The summed E-state index contributed by atoms with van der Waals surface area (Å²) in [5, 5.41) is 8.49. The molecule has 1 aliphatic carbocycles. The summed E-state index contributed by atoms with van der Waals surface area (Å²) in [6.07, 6.45) is 2.08. The lowest BCUT2D eigenvalue weighted by molar-refractivity contribution is 0.0951. The zero-order chi connectivity index (χ0) is 18.6. The number of nitrogens with one attached hydrogen (secondary N) is 3. The summed E-state index contributed by atoms with van der Waals surface area (Å²) in [5.41, 5.74) is 2.11. The van der Waals surface area contributed by atoms with Crippen LogP contribution in [0, 0.1) is 0 Å². The monoisotopic (exact) mass is 367 g/mol. The fourth-order valence-electron chi connectivity index (χ4n) is 2.77. The molecule has 7 nitrogen and oxygen atoms in total. The van der Waals surface area contributed by atoms with Gasteiger partial charge < -0.3 is 25.4 Å². The maximum absolute atomic E-state index is 12.3. The molecular weight excluding hydrogens is 346 g/mol. The Morgan fingerprint density at radius 1 is 0.963 bits per heavy atom. The van der Waals surface area contributed by atoms with E-state index in [4.69, 9.17) is 9.47 Å². The van der Waals surface area contributed by atoms with E-state index in [1.54, 1.807) is 24.3 Å². The molecule has 4 rings (SSSR count). The SMILES string of the molecule is O=C(Nc1ccc(C(=O)NCc2ccc3c(c2)OCCO3)cc1)NC1CC1. The van der Waals surface area contributed by atoms with Crippen molar-refractivity contribution in [1.29, 1.82) is 0 Å². The summed E-state index contributed by atoms with van der Waals surface area (Å²) in [5.74, 6) is 1.25. The van der Waals surface area contributed by atoms with Gasteiger partial charge in [0.2, 0.25) is 0 Å². The summed E-state index contributed by atoms with van der Waals surface area (Å²) < 4.78 is 11.0. The van der Waals surface area contributed by atoms with Crippen molar-refractivity contribution < 1.29 is 19.1 Å². The van der Waals surface area contributed by atoms with E-state index in [2.05, 4.69) is 16.0 Å². The molecule has 3 amide bonds. The molecule has 1 fully saturated rings. The molecule has 27 heavy (non-hydrogen) atoms. The first kappa shape index (κ1) is 17.2. The van der Waals surface area contributed by atoms with Gasteiger partial charge in [0.25, 0.3) is 5.91 Å². The summed E-state index contributed by atoms with van der Waals surface area (Å²) in [7, 11) is 0. The zero-order valence-corrected chi connectivity index (χ0v) is 14.8. The largest absolute Gasteiger partial charge is 0.486 e. The van der Waals surface area contributed by atoms with Crippen LogP contribution in [0.4, 0.5) is 10.5 Å². The maximum atomic E-state index is 12.3. The van der Waals surface area contributed by atoms with Crippen molar-refractivity contribution in [2.75, 3.05) is 18.5 Å². The third-order valence-electron chi connectivity index (χ3n) is 4.38. The van der Waals surface area contributed by atoms with Gasteiger partial charge in [0.05, 0.1) is 0 Å². The molecule has 0 unspecified atom stereocenters. The molecule has 0 bridgehead atoms. The molecular formula is C20H21N3O4. The number of rotatable bonds is 5. The highest BCUT2D eigenvalue weighted by Gasteiger charge is 2.23. The van der Waals surface area contributed by atoms with Gasteiger partial charge in [-0.3, -0.25) is 4.79 Å². The highest BCUT2D eigenvalue weighted by molar-refractivity contribution is 5.95. The van der Waals surface area contributed by atoms with Gasteiger partial charge in [-0.05, 0) is 54.8 Å². The number of carbonyl (C=O) groups is 2. The van der Waals surface area contributed by atoms with E-state index in [-0.39, 0.29) is 11.9 Å². The van der Waals surface area contributed by atoms with Gasteiger partial charge in [0.1, 0.15) is 13.2 Å². The lowest BCUT2D eigenvalue weighted by atomic mass is 10.1. The van der Waals surface area contributed by atoms with E-state index in [9.17, 15) is 9.59 Å². The molecule has 0 saturated heterocycles. The number of hydrogen-bond acceptors (Lipinski definition) is 4. The minimum absolute atomic E-state index is 0.182. The number of carbonyl (C=O) groups excluding carboxylic acids is 2. The second-order valence-electron chi connectivity index (χ2n) is 6.61. The van der Waals surface area contributed by atoms with Crippen molar-refractivity contribution in [1.82, 2.24) is 10.6 Å². The second kappa shape index (κ2) is 7.57. The fraction of sp³-hybridized carbons (Fsp3) is 0.300. The molecule has 2 aromatic rings. The normalized spacial score (nSPS) is 15.0. The van der Waals surface area contributed by atoms with Crippen LogP contribution in [0.1, 0.15) is 28.8 Å². The van der Waals surface area contributed by atoms with Crippen molar-refractivity contribution in [3.05, 3.63) is 53.6 Å². The van der Waals surface area contributed by atoms with Crippen LogP contribution in [0.3, 0.4) is 0 Å². The van der Waals surface area contributed by atoms with E-state index >= 15 is 0 Å². The first-order valence-electron chi connectivity index (χ1n) is 9.02. The number of anilines is 1. The highest BCUT2D eigenvalue weighted by Crippen LogP contribution is 2.30. The van der Waals surface area contributed by atoms with E-state index < -0.39 is 0 Å².